The molecule has 0 heterocycles. The molecule has 15 heavy (non-hydrogen) atoms. The van der Waals surface area contributed by atoms with Crippen LogP contribution < -0.4 is 0 Å². The second-order valence-corrected chi connectivity index (χ2v) is 5.61. The predicted octanol–water partition coefficient (Wildman–Crippen LogP) is 1.85. The lowest BCUT2D eigenvalue weighted by Crippen LogP contribution is -2.10. The molecule has 2 nitrogen and oxygen atoms in total. The highest BCUT2D eigenvalue weighted by atomic mass is 32.2. The Bertz CT molecular complexity index is 478. The van der Waals surface area contributed by atoms with Gasteiger partial charge in [-0.05, 0) is 18.6 Å². The average Bonchev–Trinajstić information content (AvgIpc) is 2.81. The fourth-order valence-electron chi connectivity index (χ4n) is 1.33. The van der Waals surface area contributed by atoms with Crippen LogP contribution in [0.3, 0.4) is 0 Å². The van der Waals surface area contributed by atoms with E-state index in [1.807, 2.05) is 0 Å². The summed E-state index contributed by atoms with van der Waals surface area (Å²) in [5, 5.41) is -1.14. The summed E-state index contributed by atoms with van der Waals surface area (Å²) in [5.41, 5.74) is 0. The summed E-state index contributed by atoms with van der Waals surface area (Å²) in [6.07, 6.45) is -1.51. The maximum Gasteiger partial charge on any atom is 0.184 e. The molecule has 0 aromatic heterocycles. The molecule has 0 spiro atoms. The molecule has 0 saturated heterocycles. The Hall–Kier alpha value is -1.04. The Kier molecular flexibility index (Phi) is 2.26. The SMILES string of the molecule is O=S(=O)(c1cc(F)cc(F)c1)[C@@H]1C[C@H]1F. The summed E-state index contributed by atoms with van der Waals surface area (Å²) >= 11 is 0. The quantitative estimate of drug-likeness (QED) is 0.785. The first-order chi connectivity index (χ1) is 6.91. The van der Waals surface area contributed by atoms with Crippen molar-refractivity contribution in [2.45, 2.75) is 22.7 Å². The Labute approximate surface area is 84.6 Å². The molecule has 1 fully saturated rings. The van der Waals surface area contributed by atoms with Gasteiger partial charge in [-0.25, -0.2) is 21.6 Å². The highest BCUT2D eigenvalue weighted by Gasteiger charge is 2.48. The predicted molar refractivity (Wildman–Crippen MR) is 46.8 cm³/mol. The molecule has 1 aromatic rings. The molecule has 1 aliphatic carbocycles. The molecule has 0 bridgehead atoms. The molecular weight excluding hydrogens is 229 g/mol. The Morgan fingerprint density at radius 3 is 2.00 bits per heavy atom. The monoisotopic (exact) mass is 236 g/mol. The third kappa shape index (κ3) is 1.86. The van der Waals surface area contributed by atoms with E-state index in [9.17, 15) is 21.6 Å². The van der Waals surface area contributed by atoms with Crippen molar-refractivity contribution in [3.8, 4) is 0 Å². The normalized spacial score (nSPS) is 25.3. The third-order valence-electron chi connectivity index (χ3n) is 2.22. The van der Waals surface area contributed by atoms with Gasteiger partial charge in [0.15, 0.2) is 9.84 Å². The summed E-state index contributed by atoms with van der Waals surface area (Å²) in [6, 6.07) is 1.96. The van der Waals surface area contributed by atoms with Gasteiger partial charge >= 0.3 is 0 Å². The summed E-state index contributed by atoms with van der Waals surface area (Å²) in [5.74, 6) is -1.96. The molecule has 6 heteroatoms. The number of rotatable bonds is 2. The van der Waals surface area contributed by atoms with Crippen molar-refractivity contribution in [1.29, 1.82) is 0 Å². The highest BCUT2D eigenvalue weighted by molar-refractivity contribution is 7.92. The molecule has 0 radical (unpaired) electrons. The lowest BCUT2D eigenvalue weighted by atomic mass is 10.3. The van der Waals surface area contributed by atoms with Crippen LogP contribution in [0, 0.1) is 11.6 Å². The number of hydrogen-bond acceptors (Lipinski definition) is 2. The van der Waals surface area contributed by atoms with Crippen LogP contribution in [-0.2, 0) is 9.84 Å². The molecule has 1 saturated carbocycles. The van der Waals surface area contributed by atoms with Crippen molar-refractivity contribution >= 4 is 9.84 Å². The van der Waals surface area contributed by atoms with E-state index >= 15 is 0 Å². The van der Waals surface area contributed by atoms with Crippen molar-refractivity contribution in [2.24, 2.45) is 0 Å². The molecule has 0 N–H and O–H groups in total. The van der Waals surface area contributed by atoms with E-state index in [4.69, 9.17) is 0 Å². The largest absolute Gasteiger partial charge is 0.246 e. The first-order valence-corrected chi connectivity index (χ1v) is 5.80. The van der Waals surface area contributed by atoms with Crippen molar-refractivity contribution < 1.29 is 21.6 Å². The van der Waals surface area contributed by atoms with Crippen molar-refractivity contribution in [3.63, 3.8) is 0 Å². The molecule has 2 rings (SSSR count). The van der Waals surface area contributed by atoms with Crippen LogP contribution in [0.1, 0.15) is 6.42 Å². The molecule has 0 amide bonds. The Morgan fingerprint density at radius 1 is 1.13 bits per heavy atom. The van der Waals surface area contributed by atoms with E-state index in [1.54, 1.807) is 0 Å². The second kappa shape index (κ2) is 3.23. The van der Waals surface area contributed by atoms with Crippen LogP contribution >= 0.6 is 0 Å². The van der Waals surface area contributed by atoms with E-state index in [-0.39, 0.29) is 6.42 Å². The van der Waals surface area contributed by atoms with Gasteiger partial charge in [-0.3, -0.25) is 0 Å². The number of hydrogen-bond donors (Lipinski definition) is 0. The van der Waals surface area contributed by atoms with Crippen LogP contribution in [-0.4, -0.2) is 19.8 Å². The molecule has 2 atom stereocenters. The second-order valence-electron chi connectivity index (χ2n) is 3.44. The summed E-state index contributed by atoms with van der Waals surface area (Å²) in [7, 11) is -3.91. The van der Waals surface area contributed by atoms with Gasteiger partial charge in [-0.2, -0.15) is 0 Å². The summed E-state index contributed by atoms with van der Waals surface area (Å²) in [6.45, 7) is 0. The van der Waals surface area contributed by atoms with Crippen LogP contribution in [0.25, 0.3) is 0 Å². The van der Waals surface area contributed by atoms with Crippen LogP contribution in [0.4, 0.5) is 13.2 Å². The zero-order valence-corrected chi connectivity index (χ0v) is 8.27. The average molecular weight is 236 g/mol. The minimum Gasteiger partial charge on any atom is -0.246 e. The maximum atomic E-state index is 12.7. The van der Waals surface area contributed by atoms with Crippen LogP contribution in [0.15, 0.2) is 23.1 Å². The van der Waals surface area contributed by atoms with Crippen LogP contribution in [0.2, 0.25) is 0 Å². The van der Waals surface area contributed by atoms with Gasteiger partial charge in [0.1, 0.15) is 17.8 Å². The molecule has 1 aliphatic rings. The summed E-state index contributed by atoms with van der Waals surface area (Å²) in [4.78, 5) is -0.495. The van der Waals surface area contributed by atoms with E-state index in [2.05, 4.69) is 0 Å². The highest BCUT2D eigenvalue weighted by Crippen LogP contribution is 2.37. The zero-order valence-electron chi connectivity index (χ0n) is 7.45. The lowest BCUT2D eigenvalue weighted by molar-refractivity contribution is 0.476. The lowest BCUT2D eigenvalue weighted by Gasteiger charge is -2.02. The van der Waals surface area contributed by atoms with E-state index in [1.165, 1.54) is 0 Å². The van der Waals surface area contributed by atoms with Gasteiger partial charge in [-0.1, -0.05) is 0 Å². The fraction of sp³-hybridized carbons (Fsp3) is 0.333. The van der Waals surface area contributed by atoms with Crippen molar-refractivity contribution in [1.82, 2.24) is 0 Å². The standard InChI is InChI=1S/C9H7F3O2S/c10-5-1-6(11)3-7(2-5)15(13,14)9-4-8(9)12/h1-3,8-9H,4H2/t8-,9-/m1/s1. The number of sulfone groups is 1. The topological polar surface area (TPSA) is 34.1 Å². The zero-order chi connectivity index (χ0) is 11.2. The van der Waals surface area contributed by atoms with E-state index in [0.29, 0.717) is 18.2 Å². The summed E-state index contributed by atoms with van der Waals surface area (Å²) < 4.78 is 61.1. The van der Waals surface area contributed by atoms with Gasteiger partial charge in [0.25, 0.3) is 0 Å². The molecular formula is C9H7F3O2S. The van der Waals surface area contributed by atoms with Gasteiger partial charge in [0.2, 0.25) is 0 Å². The molecule has 0 aliphatic heterocycles. The minimum atomic E-state index is -3.91. The van der Waals surface area contributed by atoms with Gasteiger partial charge in [0.05, 0.1) is 10.1 Å². The smallest absolute Gasteiger partial charge is 0.184 e. The number of benzene rings is 1. The fourth-order valence-corrected chi connectivity index (χ4v) is 3.06. The first kappa shape index (κ1) is 10.5. The Morgan fingerprint density at radius 2 is 1.60 bits per heavy atom. The number of alkyl halides is 1. The molecule has 0 unspecified atom stereocenters. The van der Waals surface area contributed by atoms with E-state index < -0.39 is 37.8 Å². The van der Waals surface area contributed by atoms with Crippen molar-refractivity contribution in [2.75, 3.05) is 0 Å². The van der Waals surface area contributed by atoms with Crippen LogP contribution in [0.5, 0.6) is 0 Å². The minimum absolute atomic E-state index is 0.0968. The molecule has 82 valence electrons. The molecule has 1 aromatic carbocycles. The number of halogens is 3. The van der Waals surface area contributed by atoms with Crippen molar-refractivity contribution in [3.05, 3.63) is 29.8 Å². The maximum absolute atomic E-state index is 12.7. The van der Waals surface area contributed by atoms with Gasteiger partial charge in [-0.15, -0.1) is 0 Å². The Balaban J connectivity index is 2.45. The van der Waals surface area contributed by atoms with E-state index in [0.717, 1.165) is 0 Å². The van der Waals surface area contributed by atoms with Gasteiger partial charge in [0, 0.05) is 6.07 Å². The first-order valence-electron chi connectivity index (χ1n) is 4.25. The van der Waals surface area contributed by atoms with Gasteiger partial charge < -0.3 is 0 Å². The third-order valence-corrected chi connectivity index (χ3v) is 4.40.